The Morgan fingerprint density at radius 1 is 1.00 bits per heavy atom. The lowest BCUT2D eigenvalue weighted by atomic mass is 10.1. The molecule has 168 valence electrons. The van der Waals surface area contributed by atoms with E-state index in [1.807, 2.05) is 6.26 Å². The quantitative estimate of drug-likeness (QED) is 0.118. The van der Waals surface area contributed by atoms with Gasteiger partial charge in [-0.05, 0) is 51.2 Å². The van der Waals surface area contributed by atoms with Gasteiger partial charge in [0.15, 0.2) is 0 Å². The SMILES string of the molecule is CSCCC(N)C(=O)NC(CS)C(=O)NC(C)C(=O)NC(CCCCN)C(=O)O. The fraction of sp³-hybridized carbons (Fsp3) is 0.765. The summed E-state index contributed by atoms with van der Waals surface area (Å²) in [6.45, 7) is 1.86. The average molecular weight is 452 g/mol. The van der Waals surface area contributed by atoms with Crippen LogP contribution in [0, 0.1) is 0 Å². The van der Waals surface area contributed by atoms with Crippen LogP contribution in [0.5, 0.6) is 0 Å². The zero-order valence-electron chi connectivity index (χ0n) is 16.8. The Morgan fingerprint density at radius 2 is 1.62 bits per heavy atom. The maximum absolute atomic E-state index is 12.4. The summed E-state index contributed by atoms with van der Waals surface area (Å²) in [5.74, 6) is -2.16. The predicted molar refractivity (Wildman–Crippen MR) is 117 cm³/mol. The number of thioether (sulfide) groups is 1. The van der Waals surface area contributed by atoms with Crippen molar-refractivity contribution in [3.63, 3.8) is 0 Å². The first kappa shape index (κ1) is 27.5. The van der Waals surface area contributed by atoms with Crippen molar-refractivity contribution in [2.24, 2.45) is 11.5 Å². The molecule has 0 spiro atoms. The lowest BCUT2D eigenvalue weighted by Gasteiger charge is -2.22. The lowest BCUT2D eigenvalue weighted by Crippen LogP contribution is -2.56. The molecule has 0 rings (SSSR count). The third-order valence-electron chi connectivity index (χ3n) is 4.10. The van der Waals surface area contributed by atoms with Gasteiger partial charge in [0.2, 0.25) is 17.7 Å². The largest absolute Gasteiger partial charge is 0.480 e. The molecular formula is C17H33N5O5S2. The Labute approximate surface area is 181 Å². The van der Waals surface area contributed by atoms with E-state index >= 15 is 0 Å². The van der Waals surface area contributed by atoms with E-state index in [2.05, 4.69) is 28.6 Å². The number of hydrogen-bond acceptors (Lipinski definition) is 8. The van der Waals surface area contributed by atoms with Gasteiger partial charge in [0.25, 0.3) is 0 Å². The highest BCUT2D eigenvalue weighted by molar-refractivity contribution is 7.98. The van der Waals surface area contributed by atoms with Crippen LogP contribution in [0.2, 0.25) is 0 Å². The fourth-order valence-electron chi connectivity index (χ4n) is 2.28. The average Bonchev–Trinajstić information content (AvgIpc) is 2.68. The van der Waals surface area contributed by atoms with Crippen molar-refractivity contribution < 1.29 is 24.3 Å². The molecule has 0 fully saturated rings. The van der Waals surface area contributed by atoms with Crippen molar-refractivity contribution in [3.05, 3.63) is 0 Å². The third kappa shape index (κ3) is 11.3. The molecule has 0 radical (unpaired) electrons. The van der Waals surface area contributed by atoms with Crippen molar-refractivity contribution in [1.82, 2.24) is 16.0 Å². The molecule has 0 saturated heterocycles. The zero-order valence-corrected chi connectivity index (χ0v) is 18.6. The third-order valence-corrected chi connectivity index (χ3v) is 5.11. The number of unbranched alkanes of at least 4 members (excludes halogenated alkanes) is 1. The monoisotopic (exact) mass is 451 g/mol. The van der Waals surface area contributed by atoms with Crippen molar-refractivity contribution in [1.29, 1.82) is 0 Å². The second-order valence-corrected chi connectivity index (χ2v) is 7.90. The topological polar surface area (TPSA) is 177 Å². The molecule has 0 bridgehead atoms. The van der Waals surface area contributed by atoms with E-state index in [9.17, 15) is 24.3 Å². The number of carboxylic acid groups (broad SMARTS) is 1. The molecule has 29 heavy (non-hydrogen) atoms. The first-order chi connectivity index (χ1) is 13.7. The van der Waals surface area contributed by atoms with Gasteiger partial charge < -0.3 is 32.5 Å². The first-order valence-electron chi connectivity index (χ1n) is 9.37. The van der Waals surface area contributed by atoms with E-state index in [4.69, 9.17) is 11.5 Å². The minimum absolute atomic E-state index is 0.0119. The first-order valence-corrected chi connectivity index (χ1v) is 11.4. The van der Waals surface area contributed by atoms with Crippen molar-refractivity contribution in [3.8, 4) is 0 Å². The molecule has 0 aromatic heterocycles. The summed E-state index contributed by atoms with van der Waals surface area (Å²) in [4.78, 5) is 48.0. The van der Waals surface area contributed by atoms with Crippen LogP contribution in [-0.4, -0.2) is 77.3 Å². The van der Waals surface area contributed by atoms with Gasteiger partial charge in [-0.2, -0.15) is 24.4 Å². The summed E-state index contributed by atoms with van der Waals surface area (Å²) in [5, 5.41) is 16.6. The fourth-order valence-corrected chi connectivity index (χ4v) is 3.02. The highest BCUT2D eigenvalue weighted by atomic mass is 32.2. The van der Waals surface area contributed by atoms with Gasteiger partial charge in [-0.1, -0.05) is 0 Å². The Balaban J connectivity index is 4.70. The molecule has 0 aromatic rings. The summed E-state index contributed by atoms with van der Waals surface area (Å²) in [6.07, 6.45) is 3.80. The van der Waals surface area contributed by atoms with E-state index in [0.717, 1.165) is 0 Å². The smallest absolute Gasteiger partial charge is 0.326 e. The van der Waals surface area contributed by atoms with Gasteiger partial charge >= 0.3 is 5.97 Å². The number of carboxylic acids is 1. The normalized spacial score (nSPS) is 14.9. The molecule has 0 saturated carbocycles. The molecule has 0 heterocycles. The van der Waals surface area contributed by atoms with Crippen LogP contribution >= 0.6 is 24.4 Å². The van der Waals surface area contributed by atoms with Crippen LogP contribution in [0.15, 0.2) is 0 Å². The van der Waals surface area contributed by atoms with Crippen LogP contribution in [0.3, 0.4) is 0 Å². The minimum atomic E-state index is -1.16. The number of amides is 3. The van der Waals surface area contributed by atoms with Gasteiger partial charge in [-0.25, -0.2) is 4.79 Å². The van der Waals surface area contributed by atoms with E-state index in [1.165, 1.54) is 6.92 Å². The maximum atomic E-state index is 12.4. The van der Waals surface area contributed by atoms with Gasteiger partial charge in [-0.3, -0.25) is 14.4 Å². The van der Waals surface area contributed by atoms with Gasteiger partial charge in [-0.15, -0.1) is 0 Å². The molecule has 4 unspecified atom stereocenters. The number of carbonyl (C=O) groups excluding carboxylic acids is 3. The molecule has 0 aliphatic carbocycles. The Kier molecular flexibility index (Phi) is 14.6. The number of thiol groups is 1. The molecule has 4 atom stereocenters. The van der Waals surface area contributed by atoms with Gasteiger partial charge in [0.05, 0.1) is 6.04 Å². The standard InChI is InChI=1S/C17H33N5O5S2/c1-10(14(23)21-12(17(26)27)5-3-4-7-18)20-16(25)13(9-28)22-15(24)11(19)6-8-29-2/h10-13,28H,3-9,18-19H2,1-2H3,(H,20,25)(H,21,23)(H,22,24)(H,26,27). The highest BCUT2D eigenvalue weighted by Gasteiger charge is 2.27. The number of carbonyl (C=O) groups is 4. The van der Waals surface area contributed by atoms with E-state index in [0.29, 0.717) is 31.6 Å². The summed E-state index contributed by atoms with van der Waals surface area (Å²) < 4.78 is 0. The van der Waals surface area contributed by atoms with E-state index in [-0.39, 0.29) is 12.2 Å². The molecule has 0 aromatic carbocycles. The van der Waals surface area contributed by atoms with E-state index in [1.54, 1.807) is 11.8 Å². The summed E-state index contributed by atoms with van der Waals surface area (Å²) in [6, 6.07) is -3.78. The van der Waals surface area contributed by atoms with Crippen LogP contribution in [0.4, 0.5) is 0 Å². The number of hydrogen-bond donors (Lipinski definition) is 7. The van der Waals surface area contributed by atoms with Crippen LogP contribution in [-0.2, 0) is 19.2 Å². The predicted octanol–water partition coefficient (Wildman–Crippen LogP) is -1.32. The van der Waals surface area contributed by atoms with Crippen molar-refractivity contribution >= 4 is 48.1 Å². The van der Waals surface area contributed by atoms with Crippen LogP contribution in [0.25, 0.3) is 0 Å². The number of nitrogens with two attached hydrogens (primary N) is 2. The van der Waals surface area contributed by atoms with Crippen LogP contribution in [0.1, 0.15) is 32.6 Å². The lowest BCUT2D eigenvalue weighted by molar-refractivity contribution is -0.142. The molecule has 0 aliphatic heterocycles. The summed E-state index contributed by atoms with van der Waals surface area (Å²) in [7, 11) is 0. The van der Waals surface area contributed by atoms with Crippen LogP contribution < -0.4 is 27.4 Å². The Bertz CT molecular complexity index is 552. The molecule has 12 heteroatoms. The minimum Gasteiger partial charge on any atom is -0.480 e. The molecule has 8 N–H and O–H groups in total. The summed E-state index contributed by atoms with van der Waals surface area (Å²) in [5.41, 5.74) is 11.2. The van der Waals surface area contributed by atoms with Gasteiger partial charge in [0.1, 0.15) is 18.1 Å². The maximum Gasteiger partial charge on any atom is 0.326 e. The molecule has 10 nitrogen and oxygen atoms in total. The zero-order chi connectivity index (χ0) is 22.4. The van der Waals surface area contributed by atoms with Gasteiger partial charge in [0, 0.05) is 5.75 Å². The molecule has 0 aliphatic rings. The second kappa shape index (κ2) is 15.4. The number of nitrogens with one attached hydrogen (secondary N) is 3. The van der Waals surface area contributed by atoms with E-state index < -0.39 is 47.9 Å². The molecule has 3 amide bonds. The molecular weight excluding hydrogens is 418 g/mol. The number of rotatable bonds is 15. The van der Waals surface area contributed by atoms with Crippen molar-refractivity contribution in [2.75, 3.05) is 24.3 Å². The number of aliphatic carboxylic acids is 1. The van der Waals surface area contributed by atoms with Crippen molar-refractivity contribution in [2.45, 2.75) is 56.8 Å². The second-order valence-electron chi connectivity index (χ2n) is 6.55. The Morgan fingerprint density at radius 3 is 2.14 bits per heavy atom. The summed E-state index contributed by atoms with van der Waals surface area (Å²) >= 11 is 5.62. The Hall–Kier alpha value is -1.50. The highest BCUT2D eigenvalue weighted by Crippen LogP contribution is 2.02.